The standard InChI is InChI=1S/C45H78ClNO2/c1-4-44(46)32-27-22-20-18-16-14-12-10-8-6-5-7-9-11-13-15-17-19-21-23-28-36-48-40-43(41(2)3)38-47(45-33-29-34-45)35-37-49-39-42-30-25-24-26-31-42/h24-26,30-31,41,43,45H,1,5-23,27-29,32-40H2,2-3H3. The van der Waals surface area contributed by atoms with Crippen molar-refractivity contribution in [1.82, 2.24) is 4.90 Å². The molecule has 1 aromatic rings. The van der Waals surface area contributed by atoms with E-state index in [1.54, 1.807) is 0 Å². The van der Waals surface area contributed by atoms with Gasteiger partial charge < -0.3 is 9.47 Å². The van der Waals surface area contributed by atoms with Crippen LogP contribution in [0, 0.1) is 11.8 Å². The largest absolute Gasteiger partial charge is 0.381 e. The number of ether oxygens (including phenoxy) is 2. The Labute approximate surface area is 310 Å². The molecule has 1 unspecified atom stereocenters. The van der Waals surface area contributed by atoms with Crippen LogP contribution in [0.5, 0.6) is 0 Å². The minimum absolute atomic E-state index is 0.599. The first kappa shape index (κ1) is 44.1. The Morgan fingerprint density at radius 1 is 0.714 bits per heavy atom. The van der Waals surface area contributed by atoms with Crippen molar-refractivity contribution in [3.05, 3.63) is 53.2 Å². The van der Waals surface area contributed by atoms with Gasteiger partial charge in [0.25, 0.3) is 0 Å². The molecule has 1 aliphatic carbocycles. The second kappa shape index (κ2) is 31.6. The highest BCUT2D eigenvalue weighted by Crippen LogP contribution is 2.27. The number of nitrogens with zero attached hydrogens (tertiary/aromatic N) is 1. The van der Waals surface area contributed by atoms with Crippen molar-refractivity contribution in [2.24, 2.45) is 11.8 Å². The highest BCUT2D eigenvalue weighted by atomic mass is 35.5. The van der Waals surface area contributed by atoms with E-state index in [4.69, 9.17) is 21.1 Å². The molecular formula is C45H78ClNO2. The molecule has 1 aliphatic rings. The molecule has 1 aromatic carbocycles. The summed E-state index contributed by atoms with van der Waals surface area (Å²) in [6.07, 6.45) is 34.2. The second-order valence-corrected chi connectivity index (χ2v) is 15.9. The summed E-state index contributed by atoms with van der Waals surface area (Å²) in [5.74, 6) is 1.24. The predicted molar refractivity (Wildman–Crippen MR) is 215 cm³/mol. The van der Waals surface area contributed by atoms with Gasteiger partial charge in [-0.05, 0) is 49.5 Å². The molecule has 0 bridgehead atoms. The van der Waals surface area contributed by atoms with Crippen LogP contribution in [0.3, 0.4) is 0 Å². The average Bonchev–Trinajstić information content (AvgIpc) is 3.08. The third-order valence-electron chi connectivity index (χ3n) is 10.8. The van der Waals surface area contributed by atoms with Crippen molar-refractivity contribution < 1.29 is 9.47 Å². The highest BCUT2D eigenvalue weighted by molar-refractivity contribution is 6.29. The van der Waals surface area contributed by atoms with Crippen molar-refractivity contribution in [3.8, 4) is 0 Å². The van der Waals surface area contributed by atoms with Crippen LogP contribution in [0.15, 0.2) is 47.7 Å². The molecular weight excluding hydrogens is 622 g/mol. The Balaban J connectivity index is 1.33. The lowest BCUT2D eigenvalue weighted by Gasteiger charge is -2.40. The van der Waals surface area contributed by atoms with Crippen molar-refractivity contribution >= 4 is 11.6 Å². The molecule has 0 saturated heterocycles. The van der Waals surface area contributed by atoms with Gasteiger partial charge in [0.15, 0.2) is 0 Å². The van der Waals surface area contributed by atoms with Gasteiger partial charge in [0.1, 0.15) is 0 Å². The zero-order valence-corrected chi connectivity index (χ0v) is 33.1. The van der Waals surface area contributed by atoms with Crippen LogP contribution in [0.4, 0.5) is 0 Å². The zero-order chi connectivity index (χ0) is 35.0. The van der Waals surface area contributed by atoms with Crippen LogP contribution < -0.4 is 0 Å². The van der Waals surface area contributed by atoms with E-state index in [-0.39, 0.29) is 0 Å². The van der Waals surface area contributed by atoms with Gasteiger partial charge in [-0.25, -0.2) is 0 Å². The Morgan fingerprint density at radius 3 is 1.65 bits per heavy atom. The smallest absolute Gasteiger partial charge is 0.0717 e. The third kappa shape index (κ3) is 24.7. The van der Waals surface area contributed by atoms with E-state index in [0.717, 1.165) is 50.4 Å². The Hall–Kier alpha value is -1.09. The molecule has 0 aromatic heterocycles. The molecule has 0 N–H and O–H groups in total. The SMILES string of the molecule is C=C=C(Cl)CCCCCCCCCCCCCCCCCCCCCCCOCC(CN(CCOCc1ccccc1)C1CCC1)C(C)C. The minimum atomic E-state index is 0.599. The van der Waals surface area contributed by atoms with Crippen LogP contribution in [0.2, 0.25) is 0 Å². The summed E-state index contributed by atoms with van der Waals surface area (Å²) < 4.78 is 12.3. The predicted octanol–water partition coefficient (Wildman–Crippen LogP) is 13.8. The number of allylic oxidation sites excluding steroid dienone is 1. The third-order valence-corrected chi connectivity index (χ3v) is 11.2. The number of hydrogen-bond acceptors (Lipinski definition) is 3. The van der Waals surface area contributed by atoms with Gasteiger partial charge in [-0.3, -0.25) is 4.90 Å². The summed E-state index contributed by atoms with van der Waals surface area (Å²) in [5, 5.41) is 0.795. The molecule has 0 aliphatic heterocycles. The first-order chi connectivity index (χ1) is 24.1. The molecule has 0 radical (unpaired) electrons. The number of unbranched alkanes of at least 4 members (excludes halogenated alkanes) is 20. The zero-order valence-electron chi connectivity index (χ0n) is 32.4. The lowest BCUT2D eigenvalue weighted by molar-refractivity contribution is 0.0179. The van der Waals surface area contributed by atoms with Crippen molar-refractivity contribution in [2.45, 2.75) is 187 Å². The van der Waals surface area contributed by atoms with Crippen molar-refractivity contribution in [2.75, 3.05) is 32.9 Å². The summed E-state index contributed by atoms with van der Waals surface area (Å²) in [4.78, 5) is 2.71. The molecule has 1 saturated carbocycles. The number of benzene rings is 1. The minimum Gasteiger partial charge on any atom is -0.381 e. The molecule has 0 spiro atoms. The number of rotatable bonds is 35. The van der Waals surface area contributed by atoms with Crippen molar-refractivity contribution in [1.29, 1.82) is 0 Å². The van der Waals surface area contributed by atoms with Crippen LogP contribution >= 0.6 is 11.6 Å². The average molecular weight is 701 g/mol. The molecule has 2 rings (SSSR count). The molecule has 49 heavy (non-hydrogen) atoms. The van der Waals surface area contributed by atoms with E-state index in [9.17, 15) is 0 Å². The Kier molecular flexibility index (Phi) is 28.4. The summed E-state index contributed by atoms with van der Waals surface area (Å²) in [7, 11) is 0. The van der Waals surface area contributed by atoms with E-state index in [1.165, 1.54) is 160 Å². The normalized spacial score (nSPS) is 14.0. The fourth-order valence-electron chi connectivity index (χ4n) is 7.04. The topological polar surface area (TPSA) is 21.7 Å². The lowest BCUT2D eigenvalue weighted by atomic mass is 9.89. The second-order valence-electron chi connectivity index (χ2n) is 15.5. The molecule has 1 atom stereocenters. The first-order valence-electron chi connectivity index (χ1n) is 21.1. The Bertz CT molecular complexity index is 910. The molecule has 0 heterocycles. The van der Waals surface area contributed by atoms with Crippen LogP contribution in [-0.4, -0.2) is 43.9 Å². The highest BCUT2D eigenvalue weighted by Gasteiger charge is 2.28. The molecule has 3 nitrogen and oxygen atoms in total. The molecule has 0 amide bonds. The van der Waals surface area contributed by atoms with Gasteiger partial charge in [0, 0.05) is 25.7 Å². The van der Waals surface area contributed by atoms with Gasteiger partial charge in [0.2, 0.25) is 0 Å². The summed E-state index contributed by atoms with van der Waals surface area (Å²) in [6.45, 7) is 13.9. The van der Waals surface area contributed by atoms with Crippen LogP contribution in [-0.2, 0) is 16.1 Å². The van der Waals surface area contributed by atoms with Gasteiger partial charge in [-0.15, -0.1) is 5.73 Å². The van der Waals surface area contributed by atoms with Crippen LogP contribution in [0.1, 0.15) is 180 Å². The maximum Gasteiger partial charge on any atom is 0.0717 e. The maximum absolute atomic E-state index is 6.26. The number of halogens is 1. The molecule has 282 valence electrons. The molecule has 1 fully saturated rings. The van der Waals surface area contributed by atoms with E-state index < -0.39 is 0 Å². The summed E-state index contributed by atoms with van der Waals surface area (Å²) >= 11 is 5.95. The van der Waals surface area contributed by atoms with Crippen LogP contribution in [0.25, 0.3) is 0 Å². The molecule has 4 heteroatoms. The van der Waals surface area contributed by atoms with Gasteiger partial charge in [-0.2, -0.15) is 0 Å². The van der Waals surface area contributed by atoms with E-state index in [2.05, 4.69) is 61.4 Å². The first-order valence-corrected chi connectivity index (χ1v) is 21.5. The quantitative estimate of drug-likeness (QED) is 0.0520. The van der Waals surface area contributed by atoms with E-state index >= 15 is 0 Å². The van der Waals surface area contributed by atoms with Gasteiger partial charge >= 0.3 is 0 Å². The van der Waals surface area contributed by atoms with E-state index in [1.807, 2.05) is 0 Å². The van der Waals surface area contributed by atoms with Gasteiger partial charge in [0.05, 0.1) is 24.9 Å². The monoisotopic (exact) mass is 700 g/mol. The maximum atomic E-state index is 6.26. The fourth-order valence-corrected chi connectivity index (χ4v) is 7.18. The fraction of sp³-hybridized carbons (Fsp3) is 0.800. The van der Waals surface area contributed by atoms with Crippen molar-refractivity contribution in [3.63, 3.8) is 0 Å². The Morgan fingerprint density at radius 2 is 1.20 bits per heavy atom. The number of hydrogen-bond donors (Lipinski definition) is 0. The van der Waals surface area contributed by atoms with Gasteiger partial charge in [-0.1, -0.05) is 191 Å². The summed E-state index contributed by atoms with van der Waals surface area (Å²) in [6, 6.07) is 11.3. The lowest BCUT2D eigenvalue weighted by Crippen LogP contribution is -2.46. The summed E-state index contributed by atoms with van der Waals surface area (Å²) in [5.41, 5.74) is 4.04. The van der Waals surface area contributed by atoms with E-state index in [0.29, 0.717) is 18.4 Å².